The molecule has 1 saturated carbocycles. The minimum absolute atomic E-state index is 0.0421. The molecular formula is C29H40N2O4. The van der Waals surface area contributed by atoms with Crippen LogP contribution in [0.5, 0.6) is 0 Å². The Kier molecular flexibility index (Phi) is 6.56. The molecule has 5 rings (SSSR count). The highest BCUT2D eigenvalue weighted by molar-refractivity contribution is 5.80. The standard InChI is InChI=1S/C29H40N2O4/c1-18-13-25-23(10-9-20(3)29(25,34)14-27(18)35-21(4)32)19(2)15-30-16-26-24-8-6-5-7-22(24)11-12-31(26)28(33)17-30/h5-8,13,19-20,23,25-27,34H,9-12,14-17H2,1-4H3/t19?,20-,23+,25-,26?,27-,29-/m1/s1. The molecule has 0 aromatic heterocycles. The Hall–Kier alpha value is -2.18. The molecule has 1 aromatic carbocycles. The van der Waals surface area contributed by atoms with Crippen LogP contribution in [-0.4, -0.2) is 64.7 Å². The molecule has 7 atom stereocenters. The summed E-state index contributed by atoms with van der Waals surface area (Å²) in [5.74, 6) is 0.797. The highest BCUT2D eigenvalue weighted by Crippen LogP contribution is 2.51. The fourth-order valence-electron chi connectivity index (χ4n) is 7.42. The molecule has 35 heavy (non-hydrogen) atoms. The van der Waals surface area contributed by atoms with E-state index in [4.69, 9.17) is 4.74 Å². The van der Waals surface area contributed by atoms with Crippen molar-refractivity contribution < 1.29 is 19.4 Å². The van der Waals surface area contributed by atoms with E-state index in [1.54, 1.807) is 0 Å². The van der Waals surface area contributed by atoms with E-state index in [-0.39, 0.29) is 35.9 Å². The molecule has 4 aliphatic rings. The van der Waals surface area contributed by atoms with Gasteiger partial charge < -0.3 is 14.7 Å². The van der Waals surface area contributed by atoms with Crippen molar-refractivity contribution in [3.8, 4) is 0 Å². The SMILES string of the molecule is CC(=O)O[C@@H]1C[C@@]2(O)[C@H](C)CC[C@@H](C(C)CN3CC(=O)N4CCc5ccccc5C4C3)[C@H]2C=C1C. The summed E-state index contributed by atoms with van der Waals surface area (Å²) >= 11 is 0. The molecule has 1 amide bonds. The molecule has 1 N–H and O–H groups in total. The van der Waals surface area contributed by atoms with Gasteiger partial charge in [-0.15, -0.1) is 0 Å². The van der Waals surface area contributed by atoms with Gasteiger partial charge in [-0.05, 0) is 60.6 Å². The Morgan fingerprint density at radius 3 is 2.83 bits per heavy atom. The normalized spacial score (nSPS) is 35.9. The molecule has 190 valence electrons. The second kappa shape index (κ2) is 9.36. The lowest BCUT2D eigenvalue weighted by Gasteiger charge is -2.53. The van der Waals surface area contributed by atoms with E-state index in [1.165, 1.54) is 18.1 Å². The molecule has 1 saturated heterocycles. The minimum Gasteiger partial charge on any atom is -0.458 e. The fourth-order valence-corrected chi connectivity index (χ4v) is 7.42. The lowest BCUT2D eigenvalue weighted by Crippen LogP contribution is -2.58. The van der Waals surface area contributed by atoms with Crippen LogP contribution in [0.4, 0.5) is 0 Å². The largest absolute Gasteiger partial charge is 0.458 e. The summed E-state index contributed by atoms with van der Waals surface area (Å²) in [5.41, 5.74) is 2.84. The summed E-state index contributed by atoms with van der Waals surface area (Å²) in [5, 5.41) is 11.9. The number of carbonyl (C=O) groups is 2. The van der Waals surface area contributed by atoms with Crippen LogP contribution >= 0.6 is 0 Å². The van der Waals surface area contributed by atoms with Gasteiger partial charge in [-0.25, -0.2) is 0 Å². The van der Waals surface area contributed by atoms with Crippen LogP contribution in [0.25, 0.3) is 0 Å². The van der Waals surface area contributed by atoms with E-state index in [1.807, 2.05) is 6.92 Å². The number of aliphatic hydroxyl groups is 1. The number of carbonyl (C=O) groups excluding carboxylic acids is 2. The van der Waals surface area contributed by atoms with Crippen molar-refractivity contribution in [1.29, 1.82) is 0 Å². The molecule has 2 unspecified atom stereocenters. The van der Waals surface area contributed by atoms with Crippen molar-refractivity contribution >= 4 is 11.9 Å². The Balaban J connectivity index is 1.33. The lowest BCUT2D eigenvalue weighted by atomic mass is 9.57. The van der Waals surface area contributed by atoms with E-state index in [9.17, 15) is 14.7 Å². The Bertz CT molecular complexity index is 1020. The fraction of sp³-hybridized carbons (Fsp3) is 0.655. The molecule has 6 nitrogen and oxygen atoms in total. The second-order valence-corrected chi connectivity index (χ2v) is 11.6. The van der Waals surface area contributed by atoms with E-state index >= 15 is 0 Å². The number of ether oxygens (including phenoxy) is 1. The molecular weight excluding hydrogens is 440 g/mol. The van der Waals surface area contributed by atoms with E-state index in [2.05, 4.69) is 54.0 Å². The predicted octanol–water partition coefficient (Wildman–Crippen LogP) is 3.74. The van der Waals surface area contributed by atoms with Gasteiger partial charge in [0, 0.05) is 38.9 Å². The van der Waals surface area contributed by atoms with Crippen molar-refractivity contribution in [2.75, 3.05) is 26.2 Å². The zero-order valence-corrected chi connectivity index (χ0v) is 21.6. The van der Waals surface area contributed by atoms with Crippen molar-refractivity contribution in [2.45, 2.75) is 71.1 Å². The molecule has 2 aliphatic heterocycles. The van der Waals surface area contributed by atoms with Crippen LogP contribution in [-0.2, 0) is 20.7 Å². The van der Waals surface area contributed by atoms with Gasteiger partial charge in [-0.3, -0.25) is 14.5 Å². The number of esters is 1. The molecule has 0 spiro atoms. The number of hydrogen-bond donors (Lipinski definition) is 1. The van der Waals surface area contributed by atoms with Gasteiger partial charge in [-0.1, -0.05) is 44.2 Å². The van der Waals surface area contributed by atoms with Crippen LogP contribution in [0.15, 0.2) is 35.9 Å². The smallest absolute Gasteiger partial charge is 0.303 e. The van der Waals surface area contributed by atoms with Crippen LogP contribution < -0.4 is 0 Å². The maximum Gasteiger partial charge on any atom is 0.303 e. The maximum absolute atomic E-state index is 13.1. The van der Waals surface area contributed by atoms with E-state index < -0.39 is 5.60 Å². The third-order valence-corrected chi connectivity index (χ3v) is 9.40. The van der Waals surface area contributed by atoms with Crippen LogP contribution in [0, 0.1) is 23.7 Å². The topological polar surface area (TPSA) is 70.1 Å². The van der Waals surface area contributed by atoms with Gasteiger partial charge >= 0.3 is 5.97 Å². The van der Waals surface area contributed by atoms with Gasteiger partial charge in [-0.2, -0.15) is 0 Å². The first-order valence-electron chi connectivity index (χ1n) is 13.3. The molecule has 0 radical (unpaired) electrons. The Morgan fingerprint density at radius 1 is 1.29 bits per heavy atom. The minimum atomic E-state index is -0.867. The van der Waals surface area contributed by atoms with Crippen molar-refractivity contribution in [3.63, 3.8) is 0 Å². The van der Waals surface area contributed by atoms with Gasteiger partial charge in [0.15, 0.2) is 0 Å². The van der Waals surface area contributed by atoms with Gasteiger partial charge in [0.1, 0.15) is 6.10 Å². The number of benzene rings is 1. The zero-order chi connectivity index (χ0) is 24.9. The van der Waals surface area contributed by atoms with E-state index in [0.29, 0.717) is 24.8 Å². The average Bonchev–Trinajstić information content (AvgIpc) is 2.81. The quantitative estimate of drug-likeness (QED) is 0.525. The second-order valence-electron chi connectivity index (χ2n) is 11.6. The van der Waals surface area contributed by atoms with Crippen molar-refractivity contribution in [2.24, 2.45) is 23.7 Å². The number of amides is 1. The number of hydrogen-bond acceptors (Lipinski definition) is 5. The summed E-state index contributed by atoms with van der Waals surface area (Å²) in [6.45, 7) is 10.9. The molecule has 6 heteroatoms. The number of piperazine rings is 1. The third-order valence-electron chi connectivity index (χ3n) is 9.40. The Morgan fingerprint density at radius 2 is 2.06 bits per heavy atom. The average molecular weight is 481 g/mol. The third kappa shape index (κ3) is 4.44. The van der Waals surface area contributed by atoms with Crippen LogP contribution in [0.3, 0.4) is 0 Å². The predicted molar refractivity (Wildman–Crippen MR) is 134 cm³/mol. The first-order valence-corrected chi connectivity index (χ1v) is 13.3. The van der Waals surface area contributed by atoms with E-state index in [0.717, 1.165) is 44.5 Å². The molecule has 2 aliphatic carbocycles. The number of rotatable bonds is 4. The first kappa shape index (κ1) is 24.5. The van der Waals surface area contributed by atoms with Crippen LogP contribution in [0.1, 0.15) is 64.1 Å². The van der Waals surface area contributed by atoms with Gasteiger partial charge in [0.2, 0.25) is 5.91 Å². The monoisotopic (exact) mass is 480 g/mol. The molecule has 2 heterocycles. The molecule has 2 fully saturated rings. The molecule has 1 aromatic rings. The summed E-state index contributed by atoms with van der Waals surface area (Å²) in [6, 6.07) is 8.70. The van der Waals surface area contributed by atoms with Crippen LogP contribution in [0.2, 0.25) is 0 Å². The Labute approximate surface area is 209 Å². The highest BCUT2D eigenvalue weighted by Gasteiger charge is 2.53. The lowest BCUT2D eigenvalue weighted by molar-refractivity contribution is -0.160. The molecule has 0 bridgehead atoms. The number of fused-ring (bicyclic) bond motifs is 4. The summed E-state index contributed by atoms with van der Waals surface area (Å²) < 4.78 is 5.56. The summed E-state index contributed by atoms with van der Waals surface area (Å²) in [6.07, 6.45) is 5.29. The maximum atomic E-state index is 13.1. The highest BCUT2D eigenvalue weighted by atomic mass is 16.5. The summed E-state index contributed by atoms with van der Waals surface area (Å²) in [7, 11) is 0. The van der Waals surface area contributed by atoms with Gasteiger partial charge in [0.05, 0.1) is 18.2 Å². The summed E-state index contributed by atoms with van der Waals surface area (Å²) in [4.78, 5) is 29.1. The number of nitrogens with zero attached hydrogens (tertiary/aromatic N) is 2. The van der Waals surface area contributed by atoms with Crippen molar-refractivity contribution in [1.82, 2.24) is 9.80 Å². The van der Waals surface area contributed by atoms with Gasteiger partial charge in [0.25, 0.3) is 0 Å². The first-order chi connectivity index (χ1) is 16.7. The zero-order valence-electron chi connectivity index (χ0n) is 21.6. The van der Waals surface area contributed by atoms with Crippen molar-refractivity contribution in [3.05, 3.63) is 47.0 Å².